The minimum absolute atomic E-state index is 0.0844. The molecule has 0 bridgehead atoms. The van der Waals surface area contributed by atoms with Gasteiger partial charge in [-0.3, -0.25) is 4.79 Å². The van der Waals surface area contributed by atoms with Gasteiger partial charge >= 0.3 is 0 Å². The highest BCUT2D eigenvalue weighted by molar-refractivity contribution is 5.81. The van der Waals surface area contributed by atoms with Gasteiger partial charge in [0.2, 0.25) is 0 Å². The van der Waals surface area contributed by atoms with Gasteiger partial charge < -0.3 is 14.6 Å². The molecule has 3 rings (SSSR count). The summed E-state index contributed by atoms with van der Waals surface area (Å²) < 4.78 is 7.92. The Labute approximate surface area is 148 Å². The van der Waals surface area contributed by atoms with E-state index in [9.17, 15) is 4.79 Å². The number of carbonyl (C=O) groups is 1. The van der Waals surface area contributed by atoms with E-state index in [2.05, 4.69) is 34.3 Å². The Morgan fingerprint density at radius 1 is 1.16 bits per heavy atom. The van der Waals surface area contributed by atoms with Crippen LogP contribution < -0.4 is 10.1 Å². The Hall–Kier alpha value is -2.75. The SMILES string of the molecule is Cc1cccc(OC(C)C(=O)NCCCn2ccc3ccccc32)c1. The lowest BCUT2D eigenvalue weighted by molar-refractivity contribution is -0.127. The number of hydrogen-bond acceptors (Lipinski definition) is 2. The van der Waals surface area contributed by atoms with E-state index in [1.807, 2.05) is 43.3 Å². The number of nitrogens with one attached hydrogen (secondary N) is 1. The second-order valence-electron chi connectivity index (χ2n) is 6.29. The summed E-state index contributed by atoms with van der Waals surface area (Å²) in [4.78, 5) is 12.2. The maximum Gasteiger partial charge on any atom is 0.260 e. The van der Waals surface area contributed by atoms with Gasteiger partial charge in [-0.1, -0.05) is 30.3 Å². The first-order valence-corrected chi connectivity index (χ1v) is 8.68. The predicted molar refractivity (Wildman–Crippen MR) is 101 cm³/mol. The van der Waals surface area contributed by atoms with Crippen LogP contribution in [-0.2, 0) is 11.3 Å². The number of fused-ring (bicyclic) bond motifs is 1. The van der Waals surface area contributed by atoms with Crippen LogP contribution >= 0.6 is 0 Å². The number of nitrogens with zero attached hydrogens (tertiary/aromatic N) is 1. The van der Waals surface area contributed by atoms with Gasteiger partial charge in [-0.05, 0) is 55.5 Å². The van der Waals surface area contributed by atoms with Gasteiger partial charge in [0, 0.05) is 24.8 Å². The van der Waals surface area contributed by atoms with E-state index in [1.54, 1.807) is 6.92 Å². The highest BCUT2D eigenvalue weighted by atomic mass is 16.5. The Bertz CT molecular complexity index is 854. The van der Waals surface area contributed by atoms with Crippen molar-refractivity contribution in [1.82, 2.24) is 9.88 Å². The number of benzene rings is 2. The highest BCUT2D eigenvalue weighted by Crippen LogP contribution is 2.15. The molecule has 130 valence electrons. The minimum Gasteiger partial charge on any atom is -0.481 e. The molecule has 4 nitrogen and oxygen atoms in total. The van der Waals surface area contributed by atoms with Gasteiger partial charge in [0.25, 0.3) is 5.91 Å². The maximum atomic E-state index is 12.2. The summed E-state index contributed by atoms with van der Waals surface area (Å²) in [5, 5.41) is 4.19. The Morgan fingerprint density at radius 2 is 2.00 bits per heavy atom. The molecule has 1 unspecified atom stereocenters. The minimum atomic E-state index is -0.505. The first-order chi connectivity index (χ1) is 12.1. The zero-order chi connectivity index (χ0) is 17.6. The van der Waals surface area contributed by atoms with E-state index >= 15 is 0 Å². The number of para-hydroxylation sites is 1. The van der Waals surface area contributed by atoms with Gasteiger partial charge in [-0.25, -0.2) is 0 Å². The van der Waals surface area contributed by atoms with Crippen LogP contribution in [0.2, 0.25) is 0 Å². The summed E-state index contributed by atoms with van der Waals surface area (Å²) in [6, 6.07) is 18.2. The molecular weight excluding hydrogens is 312 g/mol. The monoisotopic (exact) mass is 336 g/mol. The van der Waals surface area contributed by atoms with E-state index in [0.29, 0.717) is 6.54 Å². The molecule has 0 saturated carbocycles. The van der Waals surface area contributed by atoms with Gasteiger partial charge in [0.1, 0.15) is 5.75 Å². The second-order valence-corrected chi connectivity index (χ2v) is 6.29. The summed E-state index contributed by atoms with van der Waals surface area (Å²) in [5.41, 5.74) is 2.34. The third kappa shape index (κ3) is 4.41. The average Bonchev–Trinajstić information content (AvgIpc) is 3.02. The molecule has 0 radical (unpaired) electrons. The average molecular weight is 336 g/mol. The molecule has 1 atom stereocenters. The fraction of sp³-hybridized carbons (Fsp3) is 0.286. The third-order valence-corrected chi connectivity index (χ3v) is 4.23. The van der Waals surface area contributed by atoms with Crippen LogP contribution in [0.1, 0.15) is 18.9 Å². The summed E-state index contributed by atoms with van der Waals surface area (Å²) in [7, 11) is 0. The fourth-order valence-corrected chi connectivity index (χ4v) is 2.89. The molecule has 1 aromatic heterocycles. The molecule has 0 aliphatic rings. The van der Waals surface area contributed by atoms with Crippen molar-refractivity contribution in [2.24, 2.45) is 0 Å². The van der Waals surface area contributed by atoms with Gasteiger partial charge in [0.05, 0.1) is 0 Å². The van der Waals surface area contributed by atoms with Crippen molar-refractivity contribution in [2.45, 2.75) is 32.9 Å². The zero-order valence-electron chi connectivity index (χ0n) is 14.7. The predicted octanol–water partition coefficient (Wildman–Crippen LogP) is 3.92. The van der Waals surface area contributed by atoms with Crippen molar-refractivity contribution in [1.29, 1.82) is 0 Å². The number of aromatic nitrogens is 1. The van der Waals surface area contributed by atoms with Crippen molar-refractivity contribution in [3.8, 4) is 5.75 Å². The largest absolute Gasteiger partial charge is 0.481 e. The topological polar surface area (TPSA) is 43.3 Å². The van der Waals surface area contributed by atoms with Crippen molar-refractivity contribution in [3.05, 3.63) is 66.4 Å². The van der Waals surface area contributed by atoms with Crippen LogP contribution in [0, 0.1) is 6.92 Å². The molecular formula is C21H24N2O2. The van der Waals surface area contributed by atoms with Gasteiger partial charge in [0.15, 0.2) is 6.10 Å². The number of carbonyl (C=O) groups excluding carboxylic acids is 1. The lowest BCUT2D eigenvalue weighted by Gasteiger charge is -2.15. The molecule has 1 amide bonds. The van der Waals surface area contributed by atoms with Gasteiger partial charge in [-0.15, -0.1) is 0 Å². The molecule has 0 saturated heterocycles. The van der Waals surface area contributed by atoms with Crippen molar-refractivity contribution in [3.63, 3.8) is 0 Å². The molecule has 25 heavy (non-hydrogen) atoms. The van der Waals surface area contributed by atoms with E-state index in [0.717, 1.165) is 24.3 Å². The van der Waals surface area contributed by atoms with Crippen LogP contribution in [0.15, 0.2) is 60.8 Å². The van der Waals surface area contributed by atoms with Crippen molar-refractivity contribution >= 4 is 16.8 Å². The van der Waals surface area contributed by atoms with Crippen LogP contribution in [0.25, 0.3) is 10.9 Å². The van der Waals surface area contributed by atoms with Crippen LogP contribution in [0.3, 0.4) is 0 Å². The normalized spacial score (nSPS) is 12.1. The molecule has 2 aromatic carbocycles. The molecule has 3 aromatic rings. The number of hydrogen-bond donors (Lipinski definition) is 1. The standard InChI is InChI=1S/C21H24N2O2/c1-16-7-5-9-19(15-16)25-17(2)21(24)22-12-6-13-23-14-11-18-8-3-4-10-20(18)23/h3-5,7-11,14-15,17H,6,12-13H2,1-2H3,(H,22,24). The van der Waals surface area contributed by atoms with Gasteiger partial charge in [-0.2, -0.15) is 0 Å². The molecule has 0 fully saturated rings. The van der Waals surface area contributed by atoms with E-state index < -0.39 is 6.10 Å². The smallest absolute Gasteiger partial charge is 0.260 e. The van der Waals surface area contributed by atoms with E-state index in [1.165, 1.54) is 10.9 Å². The Morgan fingerprint density at radius 3 is 2.84 bits per heavy atom. The Kier molecular flexibility index (Phi) is 5.39. The third-order valence-electron chi connectivity index (χ3n) is 4.23. The molecule has 0 spiro atoms. The zero-order valence-corrected chi connectivity index (χ0v) is 14.7. The highest BCUT2D eigenvalue weighted by Gasteiger charge is 2.14. The molecule has 0 aliphatic heterocycles. The first-order valence-electron chi connectivity index (χ1n) is 8.68. The number of rotatable bonds is 7. The second kappa shape index (κ2) is 7.88. The summed E-state index contributed by atoms with van der Waals surface area (Å²) in [5.74, 6) is 0.639. The molecule has 1 N–H and O–H groups in total. The summed E-state index contributed by atoms with van der Waals surface area (Å²) in [6.45, 7) is 5.29. The van der Waals surface area contributed by atoms with Crippen LogP contribution in [0.5, 0.6) is 5.75 Å². The summed E-state index contributed by atoms with van der Waals surface area (Å²) in [6.07, 6.45) is 2.46. The van der Waals surface area contributed by atoms with Crippen molar-refractivity contribution in [2.75, 3.05) is 6.54 Å². The molecule has 4 heteroatoms. The number of aryl methyl sites for hydroxylation is 2. The van der Waals surface area contributed by atoms with E-state index in [-0.39, 0.29) is 5.91 Å². The quantitative estimate of drug-likeness (QED) is 0.665. The van der Waals surface area contributed by atoms with E-state index in [4.69, 9.17) is 4.74 Å². The molecule has 1 heterocycles. The Balaban J connectivity index is 1.44. The van der Waals surface area contributed by atoms with Crippen molar-refractivity contribution < 1.29 is 9.53 Å². The lowest BCUT2D eigenvalue weighted by Crippen LogP contribution is -2.37. The number of ether oxygens (including phenoxy) is 1. The van der Waals surface area contributed by atoms with Crippen LogP contribution in [-0.4, -0.2) is 23.1 Å². The number of amides is 1. The first kappa shape index (κ1) is 17.1. The fourth-order valence-electron chi connectivity index (χ4n) is 2.89. The summed E-state index contributed by atoms with van der Waals surface area (Å²) >= 11 is 0. The van der Waals surface area contributed by atoms with Crippen LogP contribution in [0.4, 0.5) is 0 Å². The lowest BCUT2D eigenvalue weighted by atomic mass is 10.2. The molecule has 0 aliphatic carbocycles. The maximum absolute atomic E-state index is 12.2.